The van der Waals surface area contributed by atoms with Crippen molar-refractivity contribution in [2.75, 3.05) is 6.54 Å². The normalized spacial score (nSPS) is 12.5. The van der Waals surface area contributed by atoms with Crippen molar-refractivity contribution in [1.82, 2.24) is 15.1 Å². The molecule has 0 bridgehead atoms. The molecule has 0 amide bonds. The molecule has 1 aromatic heterocycles. The first-order valence-corrected chi connectivity index (χ1v) is 5.76. The average Bonchev–Trinajstić information content (AvgIpc) is 2.82. The van der Waals surface area contributed by atoms with Gasteiger partial charge < -0.3 is 10.4 Å². The summed E-state index contributed by atoms with van der Waals surface area (Å²) in [7, 11) is 0. The third kappa shape index (κ3) is 3.07. The fraction of sp³-hybridized carbons (Fsp3) is 0.308. The van der Waals surface area contributed by atoms with Gasteiger partial charge in [-0.05, 0) is 19.1 Å². The minimum absolute atomic E-state index is 0.131. The molecule has 1 aromatic carbocycles. The lowest BCUT2D eigenvalue weighted by Crippen LogP contribution is -2.23. The van der Waals surface area contributed by atoms with Crippen molar-refractivity contribution in [2.24, 2.45) is 0 Å². The lowest BCUT2D eigenvalue weighted by atomic mass is 10.1. The summed E-state index contributed by atoms with van der Waals surface area (Å²) in [4.78, 5) is 0. The van der Waals surface area contributed by atoms with Crippen LogP contribution < -0.4 is 5.32 Å². The highest BCUT2D eigenvalue weighted by Crippen LogP contribution is 2.22. The number of aromatic hydroxyl groups is 1. The van der Waals surface area contributed by atoms with Crippen LogP contribution in [0.3, 0.4) is 0 Å². The van der Waals surface area contributed by atoms with Crippen LogP contribution in [0, 0.1) is 0 Å². The molecular formula is C13H17N3O. The maximum atomic E-state index is 9.71. The van der Waals surface area contributed by atoms with E-state index in [2.05, 4.69) is 10.4 Å². The van der Waals surface area contributed by atoms with Crippen molar-refractivity contribution in [2.45, 2.75) is 19.5 Å². The predicted molar refractivity (Wildman–Crippen MR) is 66.8 cm³/mol. The zero-order valence-electron chi connectivity index (χ0n) is 9.87. The Morgan fingerprint density at radius 3 is 2.88 bits per heavy atom. The summed E-state index contributed by atoms with van der Waals surface area (Å²) in [5.41, 5.74) is 0.924. The Morgan fingerprint density at radius 2 is 2.18 bits per heavy atom. The maximum Gasteiger partial charge on any atom is 0.120 e. The molecule has 0 fully saturated rings. The number of aromatic nitrogens is 2. The Labute approximate surface area is 101 Å². The second kappa shape index (κ2) is 5.50. The average molecular weight is 231 g/mol. The number of benzene rings is 1. The highest BCUT2D eigenvalue weighted by Gasteiger charge is 2.08. The van der Waals surface area contributed by atoms with Gasteiger partial charge in [0.25, 0.3) is 0 Å². The quantitative estimate of drug-likeness (QED) is 0.826. The summed E-state index contributed by atoms with van der Waals surface area (Å²) in [5, 5.41) is 17.2. The van der Waals surface area contributed by atoms with Gasteiger partial charge in [-0.1, -0.05) is 18.2 Å². The van der Waals surface area contributed by atoms with E-state index in [-0.39, 0.29) is 6.04 Å². The molecule has 2 aromatic rings. The smallest absolute Gasteiger partial charge is 0.120 e. The van der Waals surface area contributed by atoms with E-state index < -0.39 is 0 Å². The summed E-state index contributed by atoms with van der Waals surface area (Å²) >= 11 is 0. The first-order valence-electron chi connectivity index (χ1n) is 5.76. The van der Waals surface area contributed by atoms with Gasteiger partial charge in [-0.25, -0.2) is 0 Å². The molecule has 0 aliphatic heterocycles. The molecule has 0 saturated carbocycles. The Kier molecular flexibility index (Phi) is 3.77. The number of nitrogens with one attached hydrogen (secondary N) is 1. The highest BCUT2D eigenvalue weighted by molar-refractivity contribution is 5.33. The number of phenols is 1. The highest BCUT2D eigenvalue weighted by atomic mass is 16.3. The Balaban J connectivity index is 1.85. The number of hydrogen-bond donors (Lipinski definition) is 2. The van der Waals surface area contributed by atoms with E-state index in [4.69, 9.17) is 0 Å². The van der Waals surface area contributed by atoms with E-state index in [1.165, 1.54) is 0 Å². The van der Waals surface area contributed by atoms with E-state index in [1.807, 2.05) is 42.1 Å². The van der Waals surface area contributed by atoms with Gasteiger partial charge in [0.15, 0.2) is 0 Å². The van der Waals surface area contributed by atoms with E-state index in [0.29, 0.717) is 5.75 Å². The number of phenolic OH excluding ortho intramolecular Hbond substituents is 1. The van der Waals surface area contributed by atoms with Gasteiger partial charge in [0.05, 0.1) is 6.54 Å². The summed E-state index contributed by atoms with van der Waals surface area (Å²) in [5.74, 6) is 0.339. The van der Waals surface area contributed by atoms with Gasteiger partial charge >= 0.3 is 0 Å². The third-order valence-corrected chi connectivity index (χ3v) is 2.75. The van der Waals surface area contributed by atoms with Crippen molar-refractivity contribution < 1.29 is 5.11 Å². The number of rotatable bonds is 5. The molecule has 4 nitrogen and oxygen atoms in total. The number of hydrogen-bond acceptors (Lipinski definition) is 3. The van der Waals surface area contributed by atoms with Gasteiger partial charge in [0.1, 0.15) is 5.75 Å². The first-order chi connectivity index (χ1) is 8.27. The second-order valence-corrected chi connectivity index (χ2v) is 4.00. The lowest BCUT2D eigenvalue weighted by molar-refractivity contribution is 0.446. The molecular weight excluding hydrogens is 214 g/mol. The van der Waals surface area contributed by atoms with Crippen LogP contribution in [0.2, 0.25) is 0 Å². The SMILES string of the molecule is CC(NCCn1cccn1)c1ccccc1O. The van der Waals surface area contributed by atoms with Crippen LogP contribution >= 0.6 is 0 Å². The molecule has 1 unspecified atom stereocenters. The van der Waals surface area contributed by atoms with Crippen LogP contribution in [0.5, 0.6) is 5.75 Å². The maximum absolute atomic E-state index is 9.71. The predicted octanol–water partition coefficient (Wildman–Crippen LogP) is 1.94. The molecule has 1 atom stereocenters. The Bertz CT molecular complexity index is 453. The van der Waals surface area contributed by atoms with Gasteiger partial charge in [0.2, 0.25) is 0 Å². The van der Waals surface area contributed by atoms with E-state index in [1.54, 1.807) is 12.3 Å². The van der Waals surface area contributed by atoms with Crippen molar-refractivity contribution >= 4 is 0 Å². The van der Waals surface area contributed by atoms with Crippen molar-refractivity contribution in [3.8, 4) is 5.75 Å². The van der Waals surface area contributed by atoms with Crippen LogP contribution in [-0.2, 0) is 6.54 Å². The summed E-state index contributed by atoms with van der Waals surface area (Å²) in [6, 6.07) is 9.44. The van der Waals surface area contributed by atoms with Gasteiger partial charge in [0, 0.05) is 30.5 Å². The molecule has 0 spiro atoms. The van der Waals surface area contributed by atoms with Crippen LogP contribution in [0.25, 0.3) is 0 Å². The molecule has 0 saturated heterocycles. The van der Waals surface area contributed by atoms with Crippen molar-refractivity contribution in [1.29, 1.82) is 0 Å². The molecule has 0 radical (unpaired) electrons. The monoisotopic (exact) mass is 231 g/mol. The minimum atomic E-state index is 0.131. The molecule has 1 heterocycles. The molecule has 0 aliphatic carbocycles. The molecule has 17 heavy (non-hydrogen) atoms. The zero-order chi connectivity index (χ0) is 12.1. The molecule has 0 aliphatic rings. The van der Waals surface area contributed by atoms with Crippen LogP contribution in [0.1, 0.15) is 18.5 Å². The Morgan fingerprint density at radius 1 is 1.35 bits per heavy atom. The minimum Gasteiger partial charge on any atom is -0.508 e. The molecule has 4 heteroatoms. The van der Waals surface area contributed by atoms with Crippen LogP contribution in [-0.4, -0.2) is 21.4 Å². The molecule has 2 N–H and O–H groups in total. The Hall–Kier alpha value is -1.81. The standard InChI is InChI=1S/C13H17N3O/c1-11(12-5-2-3-6-13(12)17)14-8-10-16-9-4-7-15-16/h2-7,9,11,14,17H,8,10H2,1H3. The fourth-order valence-corrected chi connectivity index (χ4v) is 1.79. The largest absolute Gasteiger partial charge is 0.508 e. The van der Waals surface area contributed by atoms with E-state index >= 15 is 0 Å². The van der Waals surface area contributed by atoms with E-state index in [9.17, 15) is 5.11 Å². The lowest BCUT2D eigenvalue weighted by Gasteiger charge is -2.15. The zero-order valence-corrected chi connectivity index (χ0v) is 9.87. The number of nitrogens with zero attached hydrogens (tertiary/aromatic N) is 2. The fourth-order valence-electron chi connectivity index (χ4n) is 1.79. The second-order valence-electron chi connectivity index (χ2n) is 4.00. The summed E-state index contributed by atoms with van der Waals surface area (Å²) in [6.45, 7) is 3.68. The summed E-state index contributed by atoms with van der Waals surface area (Å²) in [6.07, 6.45) is 3.71. The van der Waals surface area contributed by atoms with E-state index in [0.717, 1.165) is 18.7 Å². The third-order valence-electron chi connectivity index (χ3n) is 2.75. The topological polar surface area (TPSA) is 50.1 Å². The van der Waals surface area contributed by atoms with Crippen molar-refractivity contribution in [3.63, 3.8) is 0 Å². The van der Waals surface area contributed by atoms with Crippen LogP contribution in [0.15, 0.2) is 42.7 Å². The van der Waals surface area contributed by atoms with Crippen molar-refractivity contribution in [3.05, 3.63) is 48.3 Å². The molecule has 2 rings (SSSR count). The van der Waals surface area contributed by atoms with Gasteiger partial charge in [-0.15, -0.1) is 0 Å². The summed E-state index contributed by atoms with van der Waals surface area (Å²) < 4.78 is 1.88. The van der Waals surface area contributed by atoms with Gasteiger partial charge in [-0.2, -0.15) is 5.10 Å². The molecule has 90 valence electrons. The van der Waals surface area contributed by atoms with Gasteiger partial charge in [-0.3, -0.25) is 4.68 Å². The first kappa shape index (κ1) is 11.7. The van der Waals surface area contributed by atoms with Crippen LogP contribution in [0.4, 0.5) is 0 Å². The number of para-hydroxylation sites is 1.